The van der Waals surface area contributed by atoms with Gasteiger partial charge in [-0.25, -0.2) is 0 Å². The first-order valence-electron chi connectivity index (χ1n) is 6.82. The summed E-state index contributed by atoms with van der Waals surface area (Å²) in [7, 11) is 0. The van der Waals surface area contributed by atoms with Crippen LogP contribution in [0.4, 0.5) is 0 Å². The monoisotopic (exact) mass is 241 g/mol. The molecule has 0 N–H and O–H groups in total. The summed E-state index contributed by atoms with van der Waals surface area (Å²) >= 11 is 0. The number of morpholine rings is 1. The molecule has 0 aromatic rings. The summed E-state index contributed by atoms with van der Waals surface area (Å²) in [5.74, 6) is 0. The van der Waals surface area contributed by atoms with E-state index >= 15 is 0 Å². The lowest BCUT2D eigenvalue weighted by Gasteiger charge is -2.55. The predicted octanol–water partition coefficient (Wildman–Crippen LogP) is 3.56. The molecule has 0 aliphatic carbocycles. The molecule has 0 aromatic carbocycles. The van der Waals surface area contributed by atoms with Crippen LogP contribution in [-0.2, 0) is 4.74 Å². The van der Waals surface area contributed by atoms with Crippen LogP contribution in [0, 0.1) is 10.8 Å². The van der Waals surface area contributed by atoms with Crippen molar-refractivity contribution in [3.05, 3.63) is 0 Å². The molecule has 0 spiro atoms. The maximum atomic E-state index is 5.71. The standard InChI is InChI=1S/C15H31NO/c1-13(2,3)12-11-17-10-9-16(12)15(7,8)14(4,5)6/h12H,9-11H2,1-8H3. The Bertz CT molecular complexity index is 257. The zero-order valence-electron chi connectivity index (χ0n) is 13.1. The fourth-order valence-electron chi connectivity index (χ4n) is 2.42. The third kappa shape index (κ3) is 3.03. The number of hydrogen-bond acceptors (Lipinski definition) is 2. The third-order valence-corrected chi connectivity index (χ3v) is 4.68. The first-order valence-corrected chi connectivity index (χ1v) is 6.82. The molecule has 2 nitrogen and oxygen atoms in total. The van der Waals surface area contributed by atoms with E-state index in [1.807, 2.05) is 0 Å². The zero-order valence-corrected chi connectivity index (χ0v) is 13.1. The summed E-state index contributed by atoms with van der Waals surface area (Å²) in [5, 5.41) is 0. The van der Waals surface area contributed by atoms with Gasteiger partial charge in [0.1, 0.15) is 0 Å². The first-order chi connectivity index (χ1) is 7.48. The minimum Gasteiger partial charge on any atom is -0.378 e. The first kappa shape index (κ1) is 15.0. The van der Waals surface area contributed by atoms with E-state index in [9.17, 15) is 0 Å². The molecular weight excluding hydrogens is 210 g/mol. The number of nitrogens with zero attached hydrogens (tertiary/aromatic N) is 1. The molecule has 1 atom stereocenters. The number of hydrogen-bond donors (Lipinski definition) is 0. The van der Waals surface area contributed by atoms with Crippen molar-refractivity contribution in [1.29, 1.82) is 0 Å². The largest absolute Gasteiger partial charge is 0.378 e. The second-order valence-corrected chi connectivity index (χ2v) is 7.96. The molecule has 0 aromatic heterocycles. The Morgan fingerprint density at radius 1 is 0.941 bits per heavy atom. The lowest BCUT2D eigenvalue weighted by atomic mass is 9.72. The van der Waals surface area contributed by atoms with Crippen LogP contribution in [0.25, 0.3) is 0 Å². The van der Waals surface area contributed by atoms with Crippen molar-refractivity contribution in [2.24, 2.45) is 10.8 Å². The average Bonchev–Trinajstić information content (AvgIpc) is 2.14. The lowest BCUT2D eigenvalue weighted by molar-refractivity contribution is -0.119. The maximum absolute atomic E-state index is 5.71. The second kappa shape index (κ2) is 4.55. The van der Waals surface area contributed by atoms with Gasteiger partial charge in [0, 0.05) is 18.1 Å². The van der Waals surface area contributed by atoms with Crippen LogP contribution < -0.4 is 0 Å². The zero-order chi connectivity index (χ0) is 13.5. The highest BCUT2D eigenvalue weighted by Crippen LogP contribution is 2.40. The Kier molecular flexibility index (Phi) is 4.01. The molecule has 1 fully saturated rings. The summed E-state index contributed by atoms with van der Waals surface area (Å²) in [6.07, 6.45) is 0. The van der Waals surface area contributed by atoms with Crippen LogP contribution in [0.1, 0.15) is 55.4 Å². The van der Waals surface area contributed by atoms with Crippen molar-refractivity contribution in [3.8, 4) is 0 Å². The van der Waals surface area contributed by atoms with Gasteiger partial charge in [0.15, 0.2) is 0 Å². The SMILES string of the molecule is CC(C)(C)C1COCCN1C(C)(C)C(C)(C)C. The Morgan fingerprint density at radius 2 is 1.47 bits per heavy atom. The molecule has 102 valence electrons. The van der Waals surface area contributed by atoms with Crippen LogP contribution in [-0.4, -0.2) is 36.2 Å². The lowest BCUT2D eigenvalue weighted by Crippen LogP contribution is -2.64. The summed E-state index contributed by atoms with van der Waals surface area (Å²) in [4.78, 5) is 2.66. The highest BCUT2D eigenvalue weighted by molar-refractivity contribution is 4.99. The second-order valence-electron chi connectivity index (χ2n) is 7.96. The minimum atomic E-state index is 0.189. The van der Waals surface area contributed by atoms with Crippen molar-refractivity contribution < 1.29 is 4.74 Å². The minimum absolute atomic E-state index is 0.189. The Hall–Kier alpha value is -0.0800. The van der Waals surface area contributed by atoms with Crippen LogP contribution in [0.3, 0.4) is 0 Å². The van der Waals surface area contributed by atoms with Crippen molar-refractivity contribution in [3.63, 3.8) is 0 Å². The smallest absolute Gasteiger partial charge is 0.0627 e. The van der Waals surface area contributed by atoms with E-state index < -0.39 is 0 Å². The fraction of sp³-hybridized carbons (Fsp3) is 1.00. The Labute approximate surface area is 108 Å². The summed E-state index contributed by atoms with van der Waals surface area (Å²) in [6, 6.07) is 0.505. The van der Waals surface area contributed by atoms with Gasteiger partial charge in [-0.3, -0.25) is 4.90 Å². The molecule has 0 radical (unpaired) electrons. The molecule has 1 unspecified atom stereocenters. The van der Waals surface area contributed by atoms with Gasteiger partial charge in [0.2, 0.25) is 0 Å². The number of rotatable bonds is 1. The van der Waals surface area contributed by atoms with Crippen LogP contribution in [0.5, 0.6) is 0 Å². The van der Waals surface area contributed by atoms with Crippen LogP contribution >= 0.6 is 0 Å². The molecule has 0 bridgehead atoms. The molecule has 0 saturated carbocycles. The van der Waals surface area contributed by atoms with Gasteiger partial charge in [-0.15, -0.1) is 0 Å². The van der Waals surface area contributed by atoms with Crippen molar-refractivity contribution in [1.82, 2.24) is 4.90 Å². The van der Waals surface area contributed by atoms with E-state index in [-0.39, 0.29) is 16.4 Å². The Balaban J connectivity index is 3.00. The number of ether oxygens (including phenoxy) is 1. The summed E-state index contributed by atoms with van der Waals surface area (Å²) in [5.41, 5.74) is 0.728. The molecule has 1 aliphatic rings. The molecular formula is C15H31NO. The van der Waals surface area contributed by atoms with Gasteiger partial charge in [-0.05, 0) is 24.7 Å². The van der Waals surface area contributed by atoms with Crippen molar-refractivity contribution in [2.45, 2.75) is 67.0 Å². The average molecular weight is 241 g/mol. The molecule has 1 rings (SSSR count). The summed E-state index contributed by atoms with van der Waals surface area (Å²) in [6.45, 7) is 21.5. The van der Waals surface area contributed by atoms with Crippen LogP contribution in [0.2, 0.25) is 0 Å². The van der Waals surface area contributed by atoms with Crippen molar-refractivity contribution in [2.75, 3.05) is 19.8 Å². The quantitative estimate of drug-likeness (QED) is 0.696. The highest BCUT2D eigenvalue weighted by atomic mass is 16.5. The van der Waals surface area contributed by atoms with E-state index in [1.165, 1.54) is 0 Å². The van der Waals surface area contributed by atoms with Crippen LogP contribution in [0.15, 0.2) is 0 Å². The maximum Gasteiger partial charge on any atom is 0.0627 e. The molecule has 0 amide bonds. The molecule has 1 aliphatic heterocycles. The van der Waals surface area contributed by atoms with Gasteiger partial charge in [-0.1, -0.05) is 41.5 Å². The van der Waals surface area contributed by atoms with Gasteiger partial charge < -0.3 is 4.74 Å². The van der Waals surface area contributed by atoms with Gasteiger partial charge in [0.05, 0.1) is 13.2 Å². The molecule has 17 heavy (non-hydrogen) atoms. The van der Waals surface area contributed by atoms with Gasteiger partial charge in [-0.2, -0.15) is 0 Å². The normalized spacial score (nSPS) is 25.1. The fourth-order valence-corrected chi connectivity index (χ4v) is 2.42. The molecule has 1 saturated heterocycles. The Morgan fingerprint density at radius 3 is 1.88 bits per heavy atom. The molecule has 2 heteroatoms. The van der Waals surface area contributed by atoms with E-state index in [0.717, 1.165) is 19.8 Å². The predicted molar refractivity (Wildman–Crippen MR) is 74.3 cm³/mol. The van der Waals surface area contributed by atoms with Gasteiger partial charge >= 0.3 is 0 Å². The topological polar surface area (TPSA) is 12.5 Å². The molecule has 1 heterocycles. The third-order valence-electron chi connectivity index (χ3n) is 4.68. The van der Waals surface area contributed by atoms with E-state index in [1.54, 1.807) is 0 Å². The summed E-state index contributed by atoms with van der Waals surface area (Å²) < 4.78 is 5.71. The van der Waals surface area contributed by atoms with Crippen molar-refractivity contribution >= 4 is 0 Å². The van der Waals surface area contributed by atoms with E-state index in [0.29, 0.717) is 6.04 Å². The van der Waals surface area contributed by atoms with E-state index in [2.05, 4.69) is 60.3 Å². The van der Waals surface area contributed by atoms with E-state index in [4.69, 9.17) is 4.74 Å². The highest BCUT2D eigenvalue weighted by Gasteiger charge is 2.45. The van der Waals surface area contributed by atoms with Gasteiger partial charge in [0.25, 0.3) is 0 Å².